The molecule has 0 aliphatic rings. The summed E-state index contributed by atoms with van der Waals surface area (Å²) in [4.78, 5) is 13.8. The average molecular weight is 363 g/mol. The molecule has 0 fully saturated rings. The van der Waals surface area contributed by atoms with E-state index in [9.17, 15) is 13.2 Å². The number of benzene rings is 1. The number of nitrogens with one attached hydrogen (secondary N) is 1. The molecule has 6 nitrogen and oxygen atoms in total. The summed E-state index contributed by atoms with van der Waals surface area (Å²) in [5.74, 6) is 0.436. The highest BCUT2D eigenvalue weighted by atomic mass is 35.5. The van der Waals surface area contributed by atoms with E-state index in [1.54, 1.807) is 17.0 Å². The van der Waals surface area contributed by atoms with E-state index in [4.69, 9.17) is 15.8 Å². The average Bonchev–Trinajstić information content (AvgIpc) is 2.39. The fraction of sp³-hybridized carbons (Fsp3) is 0.533. The monoisotopic (exact) mass is 362 g/mol. The Morgan fingerprint density at radius 3 is 2.57 bits per heavy atom. The number of carbonyl (C=O) groups excluding carboxylic acids is 1. The Labute approximate surface area is 142 Å². The summed E-state index contributed by atoms with van der Waals surface area (Å²) in [6.45, 7) is 7.07. The Balaban J connectivity index is 3.10. The molecule has 0 atom stereocenters. The smallest absolute Gasteiger partial charge is 0.317 e. The van der Waals surface area contributed by atoms with Crippen LogP contribution in [0.5, 0.6) is 5.75 Å². The van der Waals surface area contributed by atoms with Gasteiger partial charge in [0.1, 0.15) is 5.75 Å². The van der Waals surface area contributed by atoms with Crippen molar-refractivity contribution in [3.05, 3.63) is 28.8 Å². The predicted octanol–water partition coefficient (Wildman–Crippen LogP) is 2.87. The number of rotatable bonds is 7. The second kappa shape index (κ2) is 8.40. The van der Waals surface area contributed by atoms with Gasteiger partial charge in [-0.05, 0) is 31.0 Å². The lowest BCUT2D eigenvalue weighted by atomic mass is 10.1. The van der Waals surface area contributed by atoms with Crippen LogP contribution in [0, 0.1) is 5.92 Å². The zero-order valence-electron chi connectivity index (χ0n) is 13.8. The molecule has 0 aliphatic carbocycles. The summed E-state index contributed by atoms with van der Waals surface area (Å²) in [6.07, 6.45) is 0.973. The van der Waals surface area contributed by atoms with Gasteiger partial charge in [0.25, 0.3) is 0 Å². The van der Waals surface area contributed by atoms with Crippen molar-refractivity contribution in [1.29, 1.82) is 0 Å². The first kappa shape index (κ1) is 19.6. The molecule has 0 heterocycles. The lowest BCUT2D eigenvalue weighted by Gasteiger charge is -2.25. The highest BCUT2D eigenvalue weighted by Crippen LogP contribution is 2.26. The van der Waals surface area contributed by atoms with Crippen LogP contribution in [-0.4, -0.2) is 38.7 Å². The van der Waals surface area contributed by atoms with Gasteiger partial charge in [0.2, 0.25) is 0 Å². The van der Waals surface area contributed by atoms with E-state index in [0.29, 0.717) is 23.7 Å². The molecule has 23 heavy (non-hydrogen) atoms. The van der Waals surface area contributed by atoms with Gasteiger partial charge in [0.05, 0.1) is 12.8 Å². The van der Waals surface area contributed by atoms with Crippen molar-refractivity contribution in [3.8, 4) is 5.75 Å². The minimum absolute atomic E-state index is 0.176. The second-order valence-electron chi connectivity index (χ2n) is 5.65. The molecule has 0 unspecified atom stereocenters. The van der Waals surface area contributed by atoms with Crippen molar-refractivity contribution in [2.45, 2.75) is 27.3 Å². The molecule has 0 bridgehead atoms. The molecule has 130 valence electrons. The Bertz CT molecular complexity index is 647. The highest BCUT2D eigenvalue weighted by molar-refractivity contribution is 7.86. The van der Waals surface area contributed by atoms with E-state index in [0.717, 1.165) is 6.26 Å². The number of carbonyl (C=O) groups is 1. The molecule has 0 saturated carbocycles. The summed E-state index contributed by atoms with van der Waals surface area (Å²) in [5.41, 5.74) is 0.537. The first-order valence-corrected chi connectivity index (χ1v) is 9.52. The van der Waals surface area contributed by atoms with Gasteiger partial charge in [-0.2, -0.15) is 8.42 Å². The number of hydrogen-bond donors (Lipinski definition) is 1. The number of hydrogen-bond acceptors (Lipinski definition) is 4. The van der Waals surface area contributed by atoms with Gasteiger partial charge in [-0.1, -0.05) is 25.4 Å². The van der Waals surface area contributed by atoms with E-state index >= 15 is 0 Å². The molecule has 0 saturated heterocycles. The van der Waals surface area contributed by atoms with Crippen LogP contribution >= 0.6 is 11.6 Å². The summed E-state index contributed by atoms with van der Waals surface area (Å²) < 4.78 is 27.8. The van der Waals surface area contributed by atoms with E-state index in [-0.39, 0.29) is 24.2 Å². The third-order valence-corrected chi connectivity index (χ3v) is 3.54. The van der Waals surface area contributed by atoms with E-state index in [1.807, 2.05) is 20.8 Å². The third-order valence-electron chi connectivity index (χ3n) is 2.83. The zero-order valence-corrected chi connectivity index (χ0v) is 15.4. The summed E-state index contributed by atoms with van der Waals surface area (Å²) in [7, 11) is -3.66. The normalized spacial score (nSPS) is 11.4. The minimum Gasteiger partial charge on any atom is -0.382 e. The van der Waals surface area contributed by atoms with Crippen LogP contribution in [-0.2, 0) is 16.7 Å². The summed E-state index contributed by atoms with van der Waals surface area (Å²) in [5, 5.41) is 3.19. The Kier molecular flexibility index (Phi) is 7.15. The first-order valence-electron chi connectivity index (χ1n) is 7.33. The van der Waals surface area contributed by atoms with Crippen molar-refractivity contribution in [1.82, 2.24) is 10.2 Å². The number of amides is 2. The van der Waals surface area contributed by atoms with Gasteiger partial charge in [0, 0.05) is 23.7 Å². The van der Waals surface area contributed by atoms with Crippen LogP contribution < -0.4 is 9.50 Å². The lowest BCUT2D eigenvalue weighted by molar-refractivity contribution is 0.188. The molecule has 1 aromatic carbocycles. The summed E-state index contributed by atoms with van der Waals surface area (Å²) >= 11 is 5.99. The van der Waals surface area contributed by atoms with Crippen molar-refractivity contribution >= 4 is 27.8 Å². The van der Waals surface area contributed by atoms with Gasteiger partial charge in [-0.15, -0.1) is 0 Å². The zero-order chi connectivity index (χ0) is 17.6. The van der Waals surface area contributed by atoms with E-state index in [1.165, 1.54) is 6.07 Å². The number of urea groups is 1. The fourth-order valence-electron chi connectivity index (χ4n) is 2.04. The van der Waals surface area contributed by atoms with Crippen LogP contribution in [0.25, 0.3) is 0 Å². The van der Waals surface area contributed by atoms with Crippen molar-refractivity contribution < 1.29 is 17.4 Å². The van der Waals surface area contributed by atoms with Crippen LogP contribution in [0.3, 0.4) is 0 Å². The van der Waals surface area contributed by atoms with Crippen molar-refractivity contribution in [2.75, 3.05) is 19.3 Å². The molecular formula is C15H23ClN2O4S. The van der Waals surface area contributed by atoms with E-state index in [2.05, 4.69) is 5.32 Å². The molecule has 1 rings (SSSR count). The van der Waals surface area contributed by atoms with Crippen LogP contribution in [0.2, 0.25) is 5.02 Å². The van der Waals surface area contributed by atoms with Crippen molar-refractivity contribution in [2.24, 2.45) is 5.92 Å². The highest BCUT2D eigenvalue weighted by Gasteiger charge is 2.18. The van der Waals surface area contributed by atoms with Gasteiger partial charge in [-0.3, -0.25) is 0 Å². The van der Waals surface area contributed by atoms with Gasteiger partial charge in [0.15, 0.2) is 0 Å². The molecule has 0 aliphatic heterocycles. The molecule has 2 amide bonds. The van der Waals surface area contributed by atoms with Gasteiger partial charge < -0.3 is 14.4 Å². The maximum absolute atomic E-state index is 12.2. The molecule has 0 spiro atoms. The number of halogens is 1. The Hall–Kier alpha value is -1.47. The molecular weight excluding hydrogens is 340 g/mol. The molecule has 1 aromatic rings. The molecule has 1 N–H and O–H groups in total. The quantitative estimate of drug-likeness (QED) is 0.757. The molecule has 0 radical (unpaired) electrons. The SMILES string of the molecule is CCNC(=O)N(Cc1cc(Cl)ccc1OS(C)(=O)=O)CC(C)C. The standard InChI is InChI=1S/C15H23ClN2O4S/c1-5-17-15(19)18(9-11(2)3)10-12-8-13(16)6-7-14(12)22-23(4,20)21/h6-8,11H,5,9-10H2,1-4H3,(H,17,19). The van der Waals surface area contributed by atoms with Gasteiger partial charge in [-0.25, -0.2) is 4.79 Å². The summed E-state index contributed by atoms with van der Waals surface area (Å²) in [6, 6.07) is 4.43. The van der Waals surface area contributed by atoms with Crippen LogP contribution in [0.1, 0.15) is 26.3 Å². The molecule has 8 heteroatoms. The second-order valence-corrected chi connectivity index (χ2v) is 7.66. The number of nitrogens with zero attached hydrogens (tertiary/aromatic N) is 1. The molecule has 0 aromatic heterocycles. The predicted molar refractivity (Wildman–Crippen MR) is 91.2 cm³/mol. The van der Waals surface area contributed by atoms with Gasteiger partial charge >= 0.3 is 16.1 Å². The van der Waals surface area contributed by atoms with E-state index < -0.39 is 10.1 Å². The first-order chi connectivity index (χ1) is 10.6. The largest absolute Gasteiger partial charge is 0.382 e. The third kappa shape index (κ3) is 7.09. The topological polar surface area (TPSA) is 75.7 Å². The Morgan fingerprint density at radius 1 is 1.39 bits per heavy atom. The Morgan fingerprint density at radius 2 is 2.04 bits per heavy atom. The maximum Gasteiger partial charge on any atom is 0.317 e. The minimum atomic E-state index is -3.66. The van der Waals surface area contributed by atoms with Crippen molar-refractivity contribution in [3.63, 3.8) is 0 Å². The fourth-order valence-corrected chi connectivity index (χ4v) is 2.73. The maximum atomic E-state index is 12.2. The lowest BCUT2D eigenvalue weighted by Crippen LogP contribution is -2.41. The van der Waals surface area contributed by atoms with Crippen LogP contribution in [0.4, 0.5) is 4.79 Å². The van der Waals surface area contributed by atoms with Crippen LogP contribution in [0.15, 0.2) is 18.2 Å².